The van der Waals surface area contributed by atoms with E-state index < -0.39 is 16.3 Å². The van der Waals surface area contributed by atoms with Gasteiger partial charge in [-0.2, -0.15) is 5.10 Å². The lowest BCUT2D eigenvalue weighted by atomic mass is 9.99. The number of nitrogens with zero attached hydrogens (tertiary/aromatic N) is 4. The van der Waals surface area contributed by atoms with Crippen LogP contribution in [0.15, 0.2) is 59.4 Å². The number of carbonyl (C=O) groups excluding carboxylic acids is 1. The summed E-state index contributed by atoms with van der Waals surface area (Å²) in [6, 6.07) is 15.4. The molecule has 9 nitrogen and oxygen atoms in total. The number of nitro benzene ring substituents is 1. The molecule has 0 bridgehead atoms. The van der Waals surface area contributed by atoms with Crippen LogP contribution in [0.25, 0.3) is 5.69 Å². The minimum Gasteiger partial charge on any atom is -0.346 e. The van der Waals surface area contributed by atoms with Crippen molar-refractivity contribution in [1.29, 1.82) is 0 Å². The third kappa shape index (κ3) is 5.81. The molecule has 1 atom stereocenters. The second kappa shape index (κ2) is 10.6. The highest BCUT2D eigenvalue weighted by molar-refractivity contribution is 5.92. The van der Waals surface area contributed by atoms with Crippen LogP contribution < -0.4 is 10.7 Å². The summed E-state index contributed by atoms with van der Waals surface area (Å²) in [6.45, 7) is 7.28. The lowest BCUT2D eigenvalue weighted by molar-refractivity contribution is -0.384. The summed E-state index contributed by atoms with van der Waals surface area (Å²) in [4.78, 5) is 38.6. The van der Waals surface area contributed by atoms with Gasteiger partial charge in [-0.1, -0.05) is 43.3 Å². The van der Waals surface area contributed by atoms with E-state index in [1.165, 1.54) is 41.3 Å². The number of amides is 1. The number of hydrogen-bond donors (Lipinski definition) is 1. The zero-order valence-electron chi connectivity index (χ0n) is 19.9. The fraction of sp³-hybridized carbons (Fsp3) is 0.346. The van der Waals surface area contributed by atoms with Crippen LogP contribution in [0, 0.1) is 23.0 Å². The van der Waals surface area contributed by atoms with Gasteiger partial charge in [0.2, 0.25) is 5.43 Å². The Bertz CT molecular complexity index is 1290. The van der Waals surface area contributed by atoms with Crippen LogP contribution in [-0.2, 0) is 13.1 Å². The Kier molecular flexibility index (Phi) is 7.36. The largest absolute Gasteiger partial charge is 0.346 e. The van der Waals surface area contributed by atoms with Crippen molar-refractivity contribution in [2.45, 2.75) is 39.8 Å². The fourth-order valence-corrected chi connectivity index (χ4v) is 4.46. The Labute approximate surface area is 203 Å². The molecule has 3 aromatic rings. The highest BCUT2D eigenvalue weighted by Crippen LogP contribution is 2.22. The second-order valence-electron chi connectivity index (χ2n) is 9.14. The third-order valence-corrected chi connectivity index (χ3v) is 6.25. The Morgan fingerprint density at radius 1 is 1.17 bits per heavy atom. The van der Waals surface area contributed by atoms with Gasteiger partial charge in [0.15, 0.2) is 5.69 Å². The zero-order chi connectivity index (χ0) is 24.9. The molecule has 4 rings (SSSR count). The number of piperidine rings is 1. The number of nitro groups is 1. The molecule has 35 heavy (non-hydrogen) atoms. The van der Waals surface area contributed by atoms with Crippen molar-refractivity contribution in [1.82, 2.24) is 20.0 Å². The van der Waals surface area contributed by atoms with Crippen LogP contribution in [0.1, 0.15) is 47.1 Å². The number of likely N-dealkylation sites (tertiary alicyclic amines) is 1. The number of aryl methyl sites for hydroxylation is 1. The lowest BCUT2D eigenvalue weighted by Crippen LogP contribution is -2.33. The molecule has 1 fully saturated rings. The maximum atomic E-state index is 12.8. The van der Waals surface area contributed by atoms with Crippen LogP contribution in [-0.4, -0.2) is 38.6 Å². The normalized spacial score (nSPS) is 16.1. The Hall–Kier alpha value is -3.85. The van der Waals surface area contributed by atoms with E-state index in [0.717, 1.165) is 31.1 Å². The molecule has 0 radical (unpaired) electrons. The van der Waals surface area contributed by atoms with Crippen molar-refractivity contribution >= 4 is 11.6 Å². The Balaban J connectivity index is 1.45. The molecule has 1 N–H and O–H groups in total. The van der Waals surface area contributed by atoms with Crippen molar-refractivity contribution < 1.29 is 9.72 Å². The zero-order valence-corrected chi connectivity index (χ0v) is 19.9. The average molecular weight is 476 g/mol. The standard InChI is InChI=1S/C26H29N5O4/c1-18-6-5-13-29(16-18)17-21-11-9-20(10-12-21)15-27-26(33)25-24(32)14-19(2)30(28-25)22-7-3-4-8-23(22)31(34)35/h3-4,7-12,14,18H,5-6,13,15-17H2,1-2H3,(H,27,33). The van der Waals surface area contributed by atoms with Gasteiger partial charge >= 0.3 is 0 Å². The van der Waals surface area contributed by atoms with Crippen molar-refractivity contribution in [3.63, 3.8) is 0 Å². The highest BCUT2D eigenvalue weighted by Gasteiger charge is 2.20. The molecule has 0 saturated carbocycles. The summed E-state index contributed by atoms with van der Waals surface area (Å²) in [7, 11) is 0. The first-order valence-electron chi connectivity index (χ1n) is 11.7. The number of benzene rings is 2. The first-order chi connectivity index (χ1) is 16.8. The molecule has 0 aliphatic carbocycles. The number of aromatic nitrogens is 2. The van der Waals surface area contributed by atoms with Gasteiger partial charge in [0.1, 0.15) is 5.69 Å². The van der Waals surface area contributed by atoms with Crippen LogP contribution in [0.4, 0.5) is 5.69 Å². The number of carbonyl (C=O) groups is 1. The van der Waals surface area contributed by atoms with Crippen LogP contribution >= 0.6 is 0 Å². The van der Waals surface area contributed by atoms with E-state index in [2.05, 4.69) is 34.4 Å². The average Bonchev–Trinajstić information content (AvgIpc) is 2.83. The third-order valence-electron chi connectivity index (χ3n) is 6.25. The second-order valence-corrected chi connectivity index (χ2v) is 9.14. The molecule has 1 aromatic heterocycles. The topological polar surface area (TPSA) is 110 Å². The van der Waals surface area contributed by atoms with Crippen molar-refractivity contribution in [2.75, 3.05) is 13.1 Å². The summed E-state index contributed by atoms with van der Waals surface area (Å²) >= 11 is 0. The van der Waals surface area contributed by atoms with Gasteiger partial charge in [-0.25, -0.2) is 4.68 Å². The smallest absolute Gasteiger partial charge is 0.294 e. The molecule has 1 amide bonds. The quantitative estimate of drug-likeness (QED) is 0.413. The van der Waals surface area contributed by atoms with Crippen molar-refractivity contribution in [3.8, 4) is 5.69 Å². The van der Waals surface area contributed by atoms with E-state index in [1.807, 2.05) is 12.1 Å². The summed E-state index contributed by atoms with van der Waals surface area (Å²) < 4.78 is 1.25. The minimum absolute atomic E-state index is 0.169. The van der Waals surface area contributed by atoms with Gasteiger partial charge in [0, 0.05) is 37.5 Å². The lowest BCUT2D eigenvalue weighted by Gasteiger charge is -2.30. The van der Waals surface area contributed by atoms with Crippen molar-refractivity contribution in [2.24, 2.45) is 5.92 Å². The van der Waals surface area contributed by atoms with Gasteiger partial charge in [0.05, 0.1) is 4.92 Å². The molecular weight excluding hydrogens is 446 g/mol. The number of rotatable bonds is 7. The van der Waals surface area contributed by atoms with Crippen LogP contribution in [0.5, 0.6) is 0 Å². The maximum Gasteiger partial charge on any atom is 0.294 e. The fourth-order valence-electron chi connectivity index (χ4n) is 4.46. The van der Waals surface area contributed by atoms with E-state index in [1.54, 1.807) is 19.1 Å². The van der Waals surface area contributed by atoms with E-state index >= 15 is 0 Å². The molecule has 9 heteroatoms. The van der Waals surface area contributed by atoms with E-state index in [-0.39, 0.29) is 23.6 Å². The van der Waals surface area contributed by atoms with Gasteiger partial charge in [-0.15, -0.1) is 0 Å². The van der Waals surface area contributed by atoms with Gasteiger partial charge < -0.3 is 5.32 Å². The Morgan fingerprint density at radius 2 is 1.89 bits per heavy atom. The molecule has 1 aliphatic rings. The van der Waals surface area contributed by atoms with Crippen LogP contribution in [0.2, 0.25) is 0 Å². The Morgan fingerprint density at radius 3 is 2.60 bits per heavy atom. The van der Waals surface area contributed by atoms with Gasteiger partial charge in [-0.3, -0.25) is 24.6 Å². The highest BCUT2D eigenvalue weighted by atomic mass is 16.6. The summed E-state index contributed by atoms with van der Waals surface area (Å²) in [5.74, 6) is 0.0972. The minimum atomic E-state index is -0.631. The predicted octanol–water partition coefficient (Wildman–Crippen LogP) is 3.61. The molecule has 1 aliphatic heterocycles. The molecule has 1 saturated heterocycles. The first kappa shape index (κ1) is 24.3. The molecule has 0 spiro atoms. The van der Waals surface area contributed by atoms with E-state index in [4.69, 9.17) is 0 Å². The molecule has 182 valence electrons. The maximum absolute atomic E-state index is 12.8. The monoisotopic (exact) mass is 475 g/mol. The predicted molar refractivity (Wildman–Crippen MR) is 133 cm³/mol. The number of nitrogens with one attached hydrogen (secondary N) is 1. The van der Waals surface area contributed by atoms with Gasteiger partial charge in [0.25, 0.3) is 11.6 Å². The van der Waals surface area contributed by atoms with Crippen molar-refractivity contribution in [3.05, 3.63) is 97.4 Å². The van der Waals surface area contributed by atoms with Crippen LogP contribution in [0.3, 0.4) is 0 Å². The van der Waals surface area contributed by atoms with E-state index in [9.17, 15) is 19.7 Å². The summed E-state index contributed by atoms with van der Waals surface area (Å²) in [6.07, 6.45) is 2.52. The first-order valence-corrected chi connectivity index (χ1v) is 11.7. The molecule has 1 unspecified atom stereocenters. The number of para-hydroxylation sites is 2. The number of hydrogen-bond acceptors (Lipinski definition) is 6. The van der Waals surface area contributed by atoms with Gasteiger partial charge in [-0.05, 0) is 49.4 Å². The SMILES string of the molecule is Cc1cc(=O)c(C(=O)NCc2ccc(CN3CCCC(C)C3)cc2)nn1-c1ccccc1[N+](=O)[O-]. The van der Waals surface area contributed by atoms with E-state index in [0.29, 0.717) is 5.69 Å². The summed E-state index contributed by atoms with van der Waals surface area (Å²) in [5.41, 5.74) is 1.67. The molecular formula is C26H29N5O4. The molecule has 2 heterocycles. The summed E-state index contributed by atoms with van der Waals surface area (Å²) in [5, 5.41) is 18.3. The molecule has 2 aromatic carbocycles.